The van der Waals surface area contributed by atoms with Crippen LogP contribution in [0.15, 0.2) is 0 Å². The van der Waals surface area contributed by atoms with Crippen molar-refractivity contribution in [2.24, 2.45) is 0 Å². The van der Waals surface area contributed by atoms with Gasteiger partial charge in [0.05, 0.1) is 0 Å². The average molecular weight is 160 g/mol. The molecule has 2 amide bonds. The largest absolute Gasteiger partial charge is 0.396 e. The molecule has 0 aliphatic rings. The highest BCUT2D eigenvalue weighted by molar-refractivity contribution is 5.83. The van der Waals surface area contributed by atoms with Crippen LogP contribution in [-0.2, 0) is 9.59 Å². The van der Waals surface area contributed by atoms with Crippen molar-refractivity contribution >= 4 is 12.3 Å². The summed E-state index contributed by atoms with van der Waals surface area (Å²) in [4.78, 5) is 20.8. The van der Waals surface area contributed by atoms with Crippen molar-refractivity contribution in [3.63, 3.8) is 0 Å². The number of nitrogens with one attached hydrogen (secondary N) is 2. The molecule has 0 spiro atoms. The minimum Gasteiger partial charge on any atom is -0.396 e. The van der Waals surface area contributed by atoms with Crippen molar-refractivity contribution in [2.75, 3.05) is 13.7 Å². The molecule has 0 radical (unpaired) electrons. The lowest BCUT2D eigenvalue weighted by molar-refractivity contribution is -0.125. The van der Waals surface area contributed by atoms with Crippen molar-refractivity contribution in [1.29, 1.82) is 0 Å². The highest BCUT2D eigenvalue weighted by Gasteiger charge is 2.14. The fourth-order valence-electron chi connectivity index (χ4n) is 0.676. The second-order valence-corrected chi connectivity index (χ2v) is 1.96. The lowest BCUT2D eigenvalue weighted by Gasteiger charge is -2.11. The first kappa shape index (κ1) is 9.90. The van der Waals surface area contributed by atoms with Gasteiger partial charge in [0.25, 0.3) is 0 Å². The van der Waals surface area contributed by atoms with Crippen LogP contribution in [0, 0.1) is 0 Å². The van der Waals surface area contributed by atoms with Gasteiger partial charge in [-0.1, -0.05) is 0 Å². The molecule has 5 nitrogen and oxygen atoms in total. The number of amides is 2. The van der Waals surface area contributed by atoms with Crippen LogP contribution in [0.1, 0.15) is 6.42 Å². The Labute approximate surface area is 64.8 Å². The second kappa shape index (κ2) is 5.67. The van der Waals surface area contributed by atoms with Crippen LogP contribution in [0.2, 0.25) is 0 Å². The minimum absolute atomic E-state index is 0.126. The van der Waals surface area contributed by atoms with Crippen LogP contribution < -0.4 is 10.6 Å². The molecule has 0 heterocycles. The molecule has 0 rings (SSSR count). The third kappa shape index (κ3) is 3.57. The Kier molecular flexibility index (Phi) is 5.10. The van der Waals surface area contributed by atoms with Crippen LogP contribution in [0.4, 0.5) is 0 Å². The molecule has 3 N–H and O–H groups in total. The molecule has 0 bridgehead atoms. The van der Waals surface area contributed by atoms with Gasteiger partial charge in [-0.15, -0.1) is 0 Å². The molecule has 64 valence electrons. The molecule has 0 aliphatic carbocycles. The maximum atomic E-state index is 10.8. The van der Waals surface area contributed by atoms with Crippen LogP contribution in [0.5, 0.6) is 0 Å². The first-order chi connectivity index (χ1) is 5.26. The maximum absolute atomic E-state index is 10.8. The molecule has 0 fully saturated rings. The highest BCUT2D eigenvalue weighted by atomic mass is 16.3. The zero-order valence-electron chi connectivity index (χ0n) is 6.33. The van der Waals surface area contributed by atoms with E-state index < -0.39 is 6.04 Å². The fourth-order valence-corrected chi connectivity index (χ4v) is 0.676. The van der Waals surface area contributed by atoms with E-state index in [0.717, 1.165) is 0 Å². The molecule has 0 aliphatic heterocycles. The summed E-state index contributed by atoms with van der Waals surface area (Å²) in [5.41, 5.74) is 0. The summed E-state index contributed by atoms with van der Waals surface area (Å²) in [6, 6.07) is -0.623. The van der Waals surface area contributed by atoms with E-state index in [-0.39, 0.29) is 18.9 Å². The number of hydrogen-bond acceptors (Lipinski definition) is 3. The normalized spacial score (nSPS) is 11.8. The summed E-state index contributed by atoms with van der Waals surface area (Å²) in [5.74, 6) is -0.300. The summed E-state index contributed by atoms with van der Waals surface area (Å²) in [6.45, 7) is -0.126. The van der Waals surface area contributed by atoms with E-state index >= 15 is 0 Å². The lowest BCUT2D eigenvalue weighted by atomic mass is 10.2. The Bertz CT molecular complexity index is 138. The maximum Gasteiger partial charge on any atom is 0.242 e. The Morgan fingerprint density at radius 3 is 2.73 bits per heavy atom. The third-order valence-electron chi connectivity index (χ3n) is 1.25. The molecule has 0 aromatic carbocycles. The van der Waals surface area contributed by atoms with Gasteiger partial charge in [0.2, 0.25) is 12.3 Å². The predicted molar refractivity (Wildman–Crippen MR) is 38.8 cm³/mol. The van der Waals surface area contributed by atoms with E-state index in [1.54, 1.807) is 0 Å². The minimum atomic E-state index is -0.623. The second-order valence-electron chi connectivity index (χ2n) is 1.96. The molecule has 0 aromatic heterocycles. The van der Waals surface area contributed by atoms with E-state index in [4.69, 9.17) is 5.11 Å². The molecular weight excluding hydrogens is 148 g/mol. The Morgan fingerprint density at radius 2 is 2.36 bits per heavy atom. The van der Waals surface area contributed by atoms with Gasteiger partial charge in [0.15, 0.2) is 0 Å². The van der Waals surface area contributed by atoms with Crippen LogP contribution in [0.25, 0.3) is 0 Å². The number of likely N-dealkylation sites (N-methyl/N-ethyl adjacent to an activating group) is 1. The molecular formula is C6H12N2O3. The van der Waals surface area contributed by atoms with E-state index in [1.807, 2.05) is 0 Å². The number of hydrogen-bond donors (Lipinski definition) is 3. The first-order valence-corrected chi connectivity index (χ1v) is 3.28. The molecule has 0 saturated heterocycles. The van der Waals surface area contributed by atoms with Gasteiger partial charge < -0.3 is 15.7 Å². The topological polar surface area (TPSA) is 78.4 Å². The van der Waals surface area contributed by atoms with Gasteiger partial charge in [-0.25, -0.2) is 0 Å². The molecule has 11 heavy (non-hydrogen) atoms. The van der Waals surface area contributed by atoms with Gasteiger partial charge in [-0.2, -0.15) is 0 Å². The molecule has 0 saturated carbocycles. The van der Waals surface area contributed by atoms with Crippen molar-refractivity contribution in [3.8, 4) is 0 Å². The number of rotatable bonds is 5. The van der Waals surface area contributed by atoms with Gasteiger partial charge in [0.1, 0.15) is 6.04 Å². The van der Waals surface area contributed by atoms with Gasteiger partial charge >= 0.3 is 0 Å². The SMILES string of the molecule is CNC(=O)C(CCO)NC=O. The number of aliphatic hydroxyl groups is 1. The van der Waals surface area contributed by atoms with Gasteiger partial charge in [-0.3, -0.25) is 9.59 Å². The van der Waals surface area contributed by atoms with E-state index in [9.17, 15) is 9.59 Å². The van der Waals surface area contributed by atoms with E-state index in [1.165, 1.54) is 7.05 Å². The summed E-state index contributed by atoms with van der Waals surface area (Å²) in [5, 5.41) is 13.1. The Balaban J connectivity index is 3.86. The van der Waals surface area contributed by atoms with E-state index in [2.05, 4.69) is 10.6 Å². The van der Waals surface area contributed by atoms with Crippen molar-refractivity contribution in [3.05, 3.63) is 0 Å². The molecule has 1 atom stereocenters. The number of carbonyl (C=O) groups excluding carboxylic acids is 2. The summed E-state index contributed by atoms with van der Waals surface area (Å²) >= 11 is 0. The zero-order valence-corrected chi connectivity index (χ0v) is 6.33. The van der Waals surface area contributed by atoms with Crippen LogP contribution in [0.3, 0.4) is 0 Å². The van der Waals surface area contributed by atoms with Crippen LogP contribution in [-0.4, -0.2) is 37.1 Å². The molecule has 5 heteroatoms. The van der Waals surface area contributed by atoms with Gasteiger partial charge in [0, 0.05) is 13.7 Å². The quantitative estimate of drug-likeness (QED) is 0.416. The predicted octanol–water partition coefficient (Wildman–Crippen LogP) is -1.77. The monoisotopic (exact) mass is 160 g/mol. The van der Waals surface area contributed by atoms with E-state index in [0.29, 0.717) is 6.41 Å². The smallest absolute Gasteiger partial charge is 0.242 e. The highest BCUT2D eigenvalue weighted by Crippen LogP contribution is 1.88. The average Bonchev–Trinajstić information content (AvgIpc) is 2.03. The van der Waals surface area contributed by atoms with Crippen LogP contribution >= 0.6 is 0 Å². The fraction of sp³-hybridized carbons (Fsp3) is 0.667. The van der Waals surface area contributed by atoms with Crippen molar-refractivity contribution in [1.82, 2.24) is 10.6 Å². The third-order valence-corrected chi connectivity index (χ3v) is 1.25. The van der Waals surface area contributed by atoms with Crippen molar-refractivity contribution in [2.45, 2.75) is 12.5 Å². The first-order valence-electron chi connectivity index (χ1n) is 3.28. The summed E-state index contributed by atoms with van der Waals surface area (Å²) in [6.07, 6.45) is 0.675. The zero-order chi connectivity index (χ0) is 8.69. The number of carbonyl (C=O) groups is 2. The Hall–Kier alpha value is -1.10. The summed E-state index contributed by atoms with van der Waals surface area (Å²) < 4.78 is 0. The summed E-state index contributed by atoms with van der Waals surface area (Å²) in [7, 11) is 1.47. The number of aliphatic hydroxyl groups excluding tert-OH is 1. The molecule has 1 unspecified atom stereocenters. The Morgan fingerprint density at radius 1 is 1.73 bits per heavy atom. The standard InChI is InChI=1S/C6H12N2O3/c1-7-6(11)5(2-3-9)8-4-10/h4-5,9H,2-3H2,1H3,(H,7,11)(H,8,10). The molecule has 0 aromatic rings. The van der Waals surface area contributed by atoms with Crippen molar-refractivity contribution < 1.29 is 14.7 Å². The lowest BCUT2D eigenvalue weighted by Crippen LogP contribution is -2.42. The van der Waals surface area contributed by atoms with Gasteiger partial charge in [-0.05, 0) is 6.42 Å².